The minimum Gasteiger partial charge on any atom is -0.496 e. The van der Waals surface area contributed by atoms with Gasteiger partial charge in [-0.1, -0.05) is 25.2 Å². The summed E-state index contributed by atoms with van der Waals surface area (Å²) >= 11 is 1.59. The van der Waals surface area contributed by atoms with Crippen LogP contribution in [0.4, 0.5) is 5.13 Å². The zero-order valence-corrected chi connectivity index (χ0v) is 14.2. The number of nitrogens with zero attached hydrogens (tertiary/aromatic N) is 2. The molecule has 0 atom stereocenters. The van der Waals surface area contributed by atoms with Crippen molar-refractivity contribution >= 4 is 16.5 Å². The predicted octanol–water partition coefficient (Wildman–Crippen LogP) is 4.29. The summed E-state index contributed by atoms with van der Waals surface area (Å²) in [4.78, 5) is 0. The van der Waals surface area contributed by atoms with Gasteiger partial charge in [0.05, 0.1) is 7.11 Å². The van der Waals surface area contributed by atoms with Gasteiger partial charge in [-0.3, -0.25) is 0 Å². The van der Waals surface area contributed by atoms with Crippen LogP contribution in [0.25, 0.3) is 10.6 Å². The van der Waals surface area contributed by atoms with E-state index in [-0.39, 0.29) is 0 Å². The average Bonchev–Trinajstić information content (AvgIpc) is 2.86. The van der Waals surface area contributed by atoms with Gasteiger partial charge in [0.15, 0.2) is 0 Å². The second kappa shape index (κ2) is 6.89. The second-order valence-corrected chi connectivity index (χ2v) is 6.64. The van der Waals surface area contributed by atoms with E-state index in [2.05, 4.69) is 55.3 Å². The summed E-state index contributed by atoms with van der Waals surface area (Å²) in [6.07, 6.45) is 1.13. The summed E-state index contributed by atoms with van der Waals surface area (Å²) in [7, 11) is 1.71. The van der Waals surface area contributed by atoms with Crippen LogP contribution in [0, 0.1) is 19.8 Å². The smallest absolute Gasteiger partial charge is 0.206 e. The first-order valence-corrected chi connectivity index (χ1v) is 8.06. The minimum atomic E-state index is 0.691. The van der Waals surface area contributed by atoms with Gasteiger partial charge in [0, 0.05) is 12.1 Å². The highest BCUT2D eigenvalue weighted by molar-refractivity contribution is 7.18. The molecule has 0 saturated heterocycles. The number of aryl methyl sites for hydroxylation is 2. The van der Waals surface area contributed by atoms with Gasteiger partial charge in [-0.2, -0.15) is 0 Å². The molecule has 0 bridgehead atoms. The Morgan fingerprint density at radius 1 is 1.19 bits per heavy atom. The van der Waals surface area contributed by atoms with Crippen LogP contribution < -0.4 is 10.1 Å². The molecule has 0 aliphatic rings. The Kier molecular flexibility index (Phi) is 5.17. The number of anilines is 1. The van der Waals surface area contributed by atoms with Crippen molar-refractivity contribution in [3.05, 3.63) is 23.3 Å². The van der Waals surface area contributed by atoms with Gasteiger partial charge in [-0.05, 0) is 49.4 Å². The van der Waals surface area contributed by atoms with Crippen molar-refractivity contribution in [1.29, 1.82) is 0 Å². The summed E-state index contributed by atoms with van der Waals surface area (Å²) in [5.41, 5.74) is 3.34. The van der Waals surface area contributed by atoms with E-state index >= 15 is 0 Å². The fourth-order valence-corrected chi connectivity index (χ4v) is 3.03. The van der Waals surface area contributed by atoms with E-state index in [1.54, 1.807) is 18.4 Å². The Balaban J connectivity index is 2.14. The molecule has 0 aliphatic heterocycles. The molecule has 0 radical (unpaired) electrons. The number of nitrogens with one attached hydrogen (secondary N) is 1. The van der Waals surface area contributed by atoms with Gasteiger partial charge in [0.2, 0.25) is 5.13 Å². The topological polar surface area (TPSA) is 47.0 Å². The van der Waals surface area contributed by atoms with Crippen LogP contribution in [0.5, 0.6) is 5.75 Å². The highest BCUT2D eigenvalue weighted by atomic mass is 32.1. The highest BCUT2D eigenvalue weighted by Crippen LogP contribution is 2.32. The normalized spacial score (nSPS) is 11.0. The van der Waals surface area contributed by atoms with Crippen molar-refractivity contribution in [3.8, 4) is 16.3 Å². The number of benzene rings is 1. The molecule has 4 nitrogen and oxygen atoms in total. The number of methoxy groups -OCH3 is 1. The zero-order chi connectivity index (χ0) is 15.4. The fourth-order valence-electron chi connectivity index (χ4n) is 2.27. The van der Waals surface area contributed by atoms with Crippen LogP contribution in [0.3, 0.4) is 0 Å². The molecular formula is C16H23N3OS. The Morgan fingerprint density at radius 3 is 2.43 bits per heavy atom. The lowest BCUT2D eigenvalue weighted by atomic mass is 10.1. The number of hydrogen-bond acceptors (Lipinski definition) is 5. The van der Waals surface area contributed by atoms with E-state index in [1.165, 1.54) is 0 Å². The van der Waals surface area contributed by atoms with Gasteiger partial charge >= 0.3 is 0 Å². The van der Waals surface area contributed by atoms with Crippen molar-refractivity contribution in [2.45, 2.75) is 34.1 Å². The molecule has 114 valence electrons. The van der Waals surface area contributed by atoms with Crippen molar-refractivity contribution in [3.63, 3.8) is 0 Å². The third-order valence-electron chi connectivity index (χ3n) is 3.33. The molecule has 1 heterocycles. The van der Waals surface area contributed by atoms with Crippen molar-refractivity contribution in [2.24, 2.45) is 5.92 Å². The largest absolute Gasteiger partial charge is 0.496 e. The first-order chi connectivity index (χ1) is 10.0. The van der Waals surface area contributed by atoms with Gasteiger partial charge in [-0.25, -0.2) is 0 Å². The lowest BCUT2D eigenvalue weighted by molar-refractivity contribution is 0.408. The molecule has 21 heavy (non-hydrogen) atoms. The van der Waals surface area contributed by atoms with Crippen LogP contribution in [-0.4, -0.2) is 23.9 Å². The average molecular weight is 305 g/mol. The van der Waals surface area contributed by atoms with Gasteiger partial charge in [0.1, 0.15) is 10.8 Å². The quantitative estimate of drug-likeness (QED) is 0.865. The maximum absolute atomic E-state index is 5.40. The molecule has 0 saturated carbocycles. The maximum atomic E-state index is 5.40. The third-order valence-corrected chi connectivity index (χ3v) is 4.26. The molecule has 2 aromatic rings. The summed E-state index contributed by atoms with van der Waals surface area (Å²) in [5, 5.41) is 13.7. The van der Waals surface area contributed by atoms with Crippen LogP contribution >= 0.6 is 11.3 Å². The Bertz CT molecular complexity index is 584. The molecule has 0 aliphatic carbocycles. The summed E-state index contributed by atoms with van der Waals surface area (Å²) in [6.45, 7) is 9.48. The molecule has 0 amide bonds. The number of aromatic nitrogens is 2. The van der Waals surface area contributed by atoms with Crippen molar-refractivity contribution < 1.29 is 4.74 Å². The molecule has 1 aromatic heterocycles. The van der Waals surface area contributed by atoms with E-state index < -0.39 is 0 Å². The van der Waals surface area contributed by atoms with Crippen molar-refractivity contribution in [1.82, 2.24) is 10.2 Å². The van der Waals surface area contributed by atoms with Crippen LogP contribution in [0.15, 0.2) is 12.1 Å². The monoisotopic (exact) mass is 305 g/mol. The van der Waals surface area contributed by atoms with E-state index in [9.17, 15) is 0 Å². The summed E-state index contributed by atoms with van der Waals surface area (Å²) in [5.74, 6) is 1.63. The Hall–Kier alpha value is -1.62. The maximum Gasteiger partial charge on any atom is 0.206 e. The van der Waals surface area contributed by atoms with Gasteiger partial charge < -0.3 is 10.1 Å². The molecule has 0 spiro atoms. The van der Waals surface area contributed by atoms with E-state index in [1.807, 2.05) is 0 Å². The first-order valence-electron chi connectivity index (χ1n) is 7.24. The molecule has 0 fully saturated rings. The van der Waals surface area contributed by atoms with Gasteiger partial charge in [0.25, 0.3) is 0 Å². The number of ether oxygens (including phenoxy) is 1. The highest BCUT2D eigenvalue weighted by Gasteiger charge is 2.11. The predicted molar refractivity (Wildman–Crippen MR) is 89.3 cm³/mol. The van der Waals surface area contributed by atoms with Crippen LogP contribution in [-0.2, 0) is 0 Å². The van der Waals surface area contributed by atoms with Crippen LogP contribution in [0.2, 0.25) is 0 Å². The lowest BCUT2D eigenvalue weighted by Crippen LogP contribution is -2.04. The first kappa shape index (κ1) is 15.8. The molecule has 1 N–H and O–H groups in total. The lowest BCUT2D eigenvalue weighted by Gasteiger charge is -2.09. The fraction of sp³-hybridized carbons (Fsp3) is 0.500. The van der Waals surface area contributed by atoms with E-state index in [4.69, 9.17) is 4.74 Å². The van der Waals surface area contributed by atoms with E-state index in [0.29, 0.717) is 5.92 Å². The standard InChI is InChI=1S/C16H23N3OS/c1-10(2)6-7-17-16-19-18-15(21-16)13-8-11(3)14(20-5)12(4)9-13/h8-10H,6-7H2,1-5H3,(H,17,19). The SMILES string of the molecule is COc1c(C)cc(-c2nnc(NCCC(C)C)s2)cc1C. The van der Waals surface area contributed by atoms with Gasteiger partial charge in [-0.15, -0.1) is 10.2 Å². The number of rotatable bonds is 6. The molecular weight excluding hydrogens is 282 g/mol. The van der Waals surface area contributed by atoms with Crippen LogP contribution in [0.1, 0.15) is 31.4 Å². The zero-order valence-electron chi connectivity index (χ0n) is 13.4. The van der Waals surface area contributed by atoms with E-state index in [0.717, 1.165) is 45.5 Å². The Morgan fingerprint density at radius 2 is 1.86 bits per heavy atom. The molecule has 2 rings (SSSR count). The Labute approximate surface area is 130 Å². The third kappa shape index (κ3) is 3.94. The molecule has 5 heteroatoms. The van der Waals surface area contributed by atoms with Crippen molar-refractivity contribution in [2.75, 3.05) is 19.0 Å². The molecule has 0 unspecified atom stereocenters. The number of hydrogen-bond donors (Lipinski definition) is 1. The summed E-state index contributed by atoms with van der Waals surface area (Å²) in [6, 6.07) is 4.20. The summed E-state index contributed by atoms with van der Waals surface area (Å²) < 4.78 is 5.40. The second-order valence-electron chi connectivity index (χ2n) is 5.66. The molecule has 1 aromatic carbocycles. The minimum absolute atomic E-state index is 0.691.